The summed E-state index contributed by atoms with van der Waals surface area (Å²) in [5.74, 6) is 0.886. The van der Waals surface area contributed by atoms with Crippen molar-refractivity contribution in [3.8, 4) is 5.75 Å². The van der Waals surface area contributed by atoms with Crippen LogP contribution in [-0.4, -0.2) is 28.5 Å². The van der Waals surface area contributed by atoms with Gasteiger partial charge in [-0.3, -0.25) is 4.68 Å². The van der Waals surface area contributed by atoms with Crippen molar-refractivity contribution < 1.29 is 4.74 Å². The van der Waals surface area contributed by atoms with Gasteiger partial charge in [0.1, 0.15) is 6.10 Å². The predicted octanol–water partition coefficient (Wildman–Crippen LogP) is 2.62. The Morgan fingerprint density at radius 1 is 1.56 bits per heavy atom. The van der Waals surface area contributed by atoms with Crippen LogP contribution in [0.15, 0.2) is 12.4 Å². The molecule has 2 unspecified atom stereocenters. The molecule has 1 saturated carbocycles. The lowest BCUT2D eigenvalue weighted by Gasteiger charge is -2.51. The van der Waals surface area contributed by atoms with Crippen LogP contribution < -0.4 is 10.1 Å². The Balaban J connectivity index is 1.94. The first-order valence-corrected chi connectivity index (χ1v) is 6.89. The number of aromatic nitrogens is 2. The molecule has 0 radical (unpaired) electrons. The smallest absolute Gasteiger partial charge is 0.157 e. The number of ether oxygens (including phenoxy) is 1. The minimum atomic E-state index is 0.190. The van der Waals surface area contributed by atoms with Crippen molar-refractivity contribution in [3.63, 3.8) is 0 Å². The molecule has 1 heterocycles. The van der Waals surface area contributed by atoms with Gasteiger partial charge < -0.3 is 10.1 Å². The van der Waals surface area contributed by atoms with Crippen molar-refractivity contribution in [2.24, 2.45) is 5.41 Å². The summed E-state index contributed by atoms with van der Waals surface area (Å²) in [5.41, 5.74) is 0.190. The molecule has 1 aliphatic rings. The summed E-state index contributed by atoms with van der Waals surface area (Å²) in [6, 6.07) is 0.943. The Hall–Kier alpha value is -1.03. The van der Waals surface area contributed by atoms with Gasteiger partial charge in [-0.1, -0.05) is 20.8 Å². The largest absolute Gasteiger partial charge is 0.486 e. The van der Waals surface area contributed by atoms with E-state index in [0.717, 1.165) is 18.7 Å². The molecule has 0 bridgehead atoms. The third-order valence-corrected chi connectivity index (χ3v) is 4.01. The van der Waals surface area contributed by atoms with Gasteiger partial charge in [0.25, 0.3) is 0 Å². The van der Waals surface area contributed by atoms with Gasteiger partial charge in [-0.25, -0.2) is 0 Å². The summed E-state index contributed by atoms with van der Waals surface area (Å²) < 4.78 is 7.98. The molecule has 102 valence electrons. The first-order valence-electron chi connectivity index (χ1n) is 6.89. The first kappa shape index (κ1) is 13.4. The van der Waals surface area contributed by atoms with E-state index in [-0.39, 0.29) is 11.5 Å². The second-order valence-corrected chi connectivity index (χ2v) is 6.02. The summed E-state index contributed by atoms with van der Waals surface area (Å²) in [4.78, 5) is 0. The van der Waals surface area contributed by atoms with Crippen LogP contribution in [0.2, 0.25) is 0 Å². The van der Waals surface area contributed by atoms with Crippen LogP contribution in [0.1, 0.15) is 47.1 Å². The average molecular weight is 251 g/mol. The lowest BCUT2D eigenvalue weighted by molar-refractivity contribution is -0.0541. The van der Waals surface area contributed by atoms with Gasteiger partial charge in [0.2, 0.25) is 0 Å². The highest BCUT2D eigenvalue weighted by molar-refractivity contribution is 5.16. The Kier molecular flexibility index (Phi) is 3.66. The lowest BCUT2D eigenvalue weighted by Crippen LogP contribution is -2.62. The average Bonchev–Trinajstić information content (AvgIpc) is 2.76. The lowest BCUT2D eigenvalue weighted by atomic mass is 9.64. The first-order chi connectivity index (χ1) is 8.45. The van der Waals surface area contributed by atoms with Gasteiger partial charge in [0.15, 0.2) is 5.75 Å². The third kappa shape index (κ3) is 2.39. The van der Waals surface area contributed by atoms with Crippen molar-refractivity contribution in [3.05, 3.63) is 12.4 Å². The number of nitrogens with zero attached hydrogens (tertiary/aromatic N) is 2. The van der Waals surface area contributed by atoms with Crippen LogP contribution >= 0.6 is 0 Å². The maximum atomic E-state index is 6.05. The van der Waals surface area contributed by atoms with Crippen molar-refractivity contribution >= 4 is 0 Å². The summed E-state index contributed by atoms with van der Waals surface area (Å²) in [6.45, 7) is 11.9. The molecule has 4 heteroatoms. The molecular weight excluding hydrogens is 226 g/mol. The molecule has 1 N–H and O–H groups in total. The van der Waals surface area contributed by atoms with E-state index < -0.39 is 0 Å². The highest BCUT2D eigenvalue weighted by Crippen LogP contribution is 2.42. The topological polar surface area (TPSA) is 39.1 Å². The Morgan fingerprint density at radius 2 is 2.28 bits per heavy atom. The summed E-state index contributed by atoms with van der Waals surface area (Å²) in [6.07, 6.45) is 5.16. The Morgan fingerprint density at radius 3 is 2.78 bits per heavy atom. The zero-order valence-corrected chi connectivity index (χ0v) is 12.1. The second kappa shape index (κ2) is 4.92. The Labute approximate surface area is 110 Å². The van der Waals surface area contributed by atoms with Crippen molar-refractivity contribution in [1.82, 2.24) is 15.1 Å². The van der Waals surface area contributed by atoms with E-state index in [2.05, 4.69) is 45.0 Å². The van der Waals surface area contributed by atoms with Gasteiger partial charge in [-0.15, -0.1) is 0 Å². The van der Waals surface area contributed by atoms with E-state index in [9.17, 15) is 0 Å². The van der Waals surface area contributed by atoms with Gasteiger partial charge >= 0.3 is 0 Å². The molecule has 1 fully saturated rings. The molecular formula is C14H25N3O. The zero-order chi connectivity index (χ0) is 13.3. The Bertz CT molecular complexity index is 397. The number of hydrogen-bond donors (Lipinski definition) is 1. The van der Waals surface area contributed by atoms with E-state index >= 15 is 0 Å². The van der Waals surface area contributed by atoms with Gasteiger partial charge in [-0.05, 0) is 20.4 Å². The fourth-order valence-corrected chi connectivity index (χ4v) is 2.51. The predicted molar refractivity (Wildman–Crippen MR) is 72.9 cm³/mol. The molecule has 18 heavy (non-hydrogen) atoms. The van der Waals surface area contributed by atoms with Gasteiger partial charge in [0, 0.05) is 23.9 Å². The summed E-state index contributed by atoms with van der Waals surface area (Å²) in [7, 11) is 0. The number of hydrogen-bond acceptors (Lipinski definition) is 3. The van der Waals surface area contributed by atoms with Gasteiger partial charge in [0.05, 0.1) is 12.4 Å². The molecule has 0 spiro atoms. The highest BCUT2D eigenvalue weighted by Gasteiger charge is 2.49. The van der Waals surface area contributed by atoms with Crippen molar-refractivity contribution in [2.75, 3.05) is 6.54 Å². The third-order valence-electron chi connectivity index (χ3n) is 4.01. The maximum Gasteiger partial charge on any atom is 0.157 e. The molecule has 0 amide bonds. The fraction of sp³-hybridized carbons (Fsp3) is 0.786. The highest BCUT2D eigenvalue weighted by atomic mass is 16.5. The standard InChI is InChI=1S/C14H25N3O/c1-6-15-12-7-13(14(12,4)5)18-11-8-16-17(9-11)10(2)3/h8-10,12-13,15H,6-7H2,1-5H3. The van der Waals surface area contributed by atoms with Crippen LogP contribution in [0.25, 0.3) is 0 Å². The normalized spacial score (nSPS) is 26.1. The quantitative estimate of drug-likeness (QED) is 0.874. The molecule has 0 aromatic carbocycles. The molecule has 1 aromatic heterocycles. The van der Waals surface area contributed by atoms with Crippen LogP contribution in [0, 0.1) is 5.41 Å². The van der Waals surface area contributed by atoms with Crippen LogP contribution in [0.4, 0.5) is 0 Å². The molecule has 1 aromatic rings. The number of rotatable bonds is 5. The van der Waals surface area contributed by atoms with E-state index in [1.54, 1.807) is 0 Å². The van der Waals surface area contributed by atoms with Crippen LogP contribution in [0.3, 0.4) is 0 Å². The molecule has 2 rings (SSSR count). The maximum absolute atomic E-state index is 6.05. The monoisotopic (exact) mass is 251 g/mol. The molecule has 4 nitrogen and oxygen atoms in total. The molecule has 0 aliphatic heterocycles. The van der Waals surface area contributed by atoms with E-state index in [1.165, 1.54) is 0 Å². The van der Waals surface area contributed by atoms with Crippen LogP contribution in [0.5, 0.6) is 5.75 Å². The zero-order valence-electron chi connectivity index (χ0n) is 12.1. The fourth-order valence-electron chi connectivity index (χ4n) is 2.51. The van der Waals surface area contributed by atoms with Crippen molar-refractivity contribution in [2.45, 2.75) is 59.2 Å². The summed E-state index contributed by atoms with van der Waals surface area (Å²) >= 11 is 0. The SMILES string of the molecule is CCNC1CC(Oc2cnn(C(C)C)c2)C1(C)C. The van der Waals surface area contributed by atoms with E-state index in [0.29, 0.717) is 12.1 Å². The minimum absolute atomic E-state index is 0.190. The van der Waals surface area contributed by atoms with Crippen LogP contribution in [-0.2, 0) is 0 Å². The van der Waals surface area contributed by atoms with E-state index in [4.69, 9.17) is 4.74 Å². The number of nitrogens with one attached hydrogen (secondary N) is 1. The molecule has 0 saturated heterocycles. The second-order valence-electron chi connectivity index (χ2n) is 6.02. The molecule has 1 aliphatic carbocycles. The minimum Gasteiger partial charge on any atom is -0.486 e. The van der Waals surface area contributed by atoms with E-state index in [1.807, 2.05) is 17.1 Å². The van der Waals surface area contributed by atoms with Gasteiger partial charge in [-0.2, -0.15) is 5.10 Å². The summed E-state index contributed by atoms with van der Waals surface area (Å²) in [5, 5.41) is 7.82. The molecule has 2 atom stereocenters. The van der Waals surface area contributed by atoms with Crippen molar-refractivity contribution in [1.29, 1.82) is 0 Å².